The third-order valence-electron chi connectivity index (χ3n) is 3.10. The highest BCUT2D eigenvalue weighted by Gasteiger charge is 2.38. The van der Waals surface area contributed by atoms with E-state index in [2.05, 4.69) is 15.6 Å². The molecule has 2 N–H and O–H groups in total. The molecule has 0 unspecified atom stereocenters. The summed E-state index contributed by atoms with van der Waals surface area (Å²) < 4.78 is 18.9. The molecule has 0 radical (unpaired) electrons. The largest absolute Gasteiger partial charge is 0.444 e. The number of carbonyl (C=O) groups is 2. The van der Waals surface area contributed by atoms with E-state index >= 15 is 0 Å². The molecule has 1 aliphatic rings. The van der Waals surface area contributed by atoms with Crippen LogP contribution in [0, 0.1) is 11.7 Å². The minimum Gasteiger partial charge on any atom is -0.444 e. The number of anilines is 1. The summed E-state index contributed by atoms with van der Waals surface area (Å²) in [4.78, 5) is 27.9. The van der Waals surface area contributed by atoms with Crippen LogP contribution in [0.1, 0.15) is 33.6 Å². The Morgan fingerprint density at radius 2 is 2.09 bits per heavy atom. The second-order valence-electron chi connectivity index (χ2n) is 6.43. The van der Waals surface area contributed by atoms with Crippen LogP contribution in [0.2, 0.25) is 5.02 Å². The Hall–Kier alpha value is -1.89. The molecule has 126 valence electrons. The maximum Gasteiger partial charge on any atom is 0.408 e. The monoisotopic (exact) mass is 343 g/mol. The molecule has 23 heavy (non-hydrogen) atoms. The summed E-state index contributed by atoms with van der Waals surface area (Å²) in [5.41, 5.74) is -0.668. The van der Waals surface area contributed by atoms with Crippen LogP contribution >= 0.6 is 11.6 Å². The lowest BCUT2D eigenvalue weighted by atomic mass is 10.1. The van der Waals surface area contributed by atoms with Gasteiger partial charge in [0.25, 0.3) is 0 Å². The van der Waals surface area contributed by atoms with E-state index in [9.17, 15) is 14.0 Å². The Morgan fingerprint density at radius 3 is 2.61 bits per heavy atom. The Kier molecular flexibility index (Phi) is 5.09. The average molecular weight is 344 g/mol. The van der Waals surface area contributed by atoms with Crippen molar-refractivity contribution in [2.45, 2.75) is 45.3 Å². The zero-order valence-electron chi connectivity index (χ0n) is 13.2. The van der Waals surface area contributed by atoms with Crippen molar-refractivity contribution in [3.8, 4) is 0 Å². The summed E-state index contributed by atoms with van der Waals surface area (Å²) in [6.07, 6.45) is 2.16. The number of halogens is 2. The molecule has 2 rings (SSSR count). The van der Waals surface area contributed by atoms with Gasteiger partial charge >= 0.3 is 6.09 Å². The molecule has 8 heteroatoms. The van der Waals surface area contributed by atoms with Gasteiger partial charge in [-0.25, -0.2) is 14.2 Å². The molecule has 1 aliphatic carbocycles. The molecule has 1 aromatic heterocycles. The highest BCUT2D eigenvalue weighted by Crippen LogP contribution is 2.33. The minimum absolute atomic E-state index is 0.0119. The van der Waals surface area contributed by atoms with Gasteiger partial charge in [0, 0.05) is 6.20 Å². The van der Waals surface area contributed by atoms with Crippen molar-refractivity contribution in [3.05, 3.63) is 23.1 Å². The maximum absolute atomic E-state index is 13.7. The molecule has 1 aromatic rings. The van der Waals surface area contributed by atoms with Crippen LogP contribution in [0.25, 0.3) is 0 Å². The molecule has 0 aromatic carbocycles. The number of nitrogens with zero attached hydrogens (tertiary/aromatic N) is 1. The Labute approximate surface area is 138 Å². The number of carbonyl (C=O) groups excluding carboxylic acids is 2. The molecule has 2 amide bonds. The van der Waals surface area contributed by atoms with Crippen LogP contribution in [0.5, 0.6) is 0 Å². The lowest BCUT2D eigenvalue weighted by molar-refractivity contribution is -0.118. The average Bonchev–Trinajstić information content (AvgIpc) is 3.21. The number of amides is 2. The van der Waals surface area contributed by atoms with Crippen molar-refractivity contribution in [2.75, 3.05) is 5.32 Å². The lowest BCUT2D eigenvalue weighted by Gasteiger charge is -2.23. The van der Waals surface area contributed by atoms with Crippen molar-refractivity contribution in [2.24, 2.45) is 5.92 Å². The smallest absolute Gasteiger partial charge is 0.408 e. The van der Waals surface area contributed by atoms with Crippen LogP contribution in [-0.2, 0) is 9.53 Å². The first kappa shape index (κ1) is 17.5. The maximum atomic E-state index is 13.7. The Bertz CT molecular complexity index is 614. The summed E-state index contributed by atoms with van der Waals surface area (Å²) in [5, 5.41) is 5.04. The molecular weight excluding hydrogens is 325 g/mol. The first-order valence-corrected chi connectivity index (χ1v) is 7.65. The summed E-state index contributed by atoms with van der Waals surface area (Å²) >= 11 is 5.62. The highest BCUT2D eigenvalue weighted by atomic mass is 35.5. The van der Waals surface area contributed by atoms with Crippen molar-refractivity contribution >= 4 is 29.4 Å². The van der Waals surface area contributed by atoms with Gasteiger partial charge < -0.3 is 15.4 Å². The van der Waals surface area contributed by atoms with Crippen molar-refractivity contribution < 1.29 is 18.7 Å². The third kappa shape index (κ3) is 5.35. The van der Waals surface area contributed by atoms with Gasteiger partial charge in [0.15, 0.2) is 11.6 Å². The SMILES string of the molecule is CC(C)(C)OC(=O)N[C@H](C(=O)Nc1ncc(Cl)cc1F)C1CC1. The Morgan fingerprint density at radius 1 is 1.43 bits per heavy atom. The van der Waals surface area contributed by atoms with Crippen LogP contribution in [0.4, 0.5) is 15.0 Å². The molecule has 0 aliphatic heterocycles. The summed E-state index contributed by atoms with van der Waals surface area (Å²) in [7, 11) is 0. The van der Waals surface area contributed by atoms with Gasteiger partial charge in [-0.2, -0.15) is 0 Å². The molecule has 6 nitrogen and oxygen atoms in total. The van der Waals surface area contributed by atoms with Crippen molar-refractivity contribution in [3.63, 3.8) is 0 Å². The van der Waals surface area contributed by atoms with E-state index in [1.54, 1.807) is 20.8 Å². The first-order valence-electron chi connectivity index (χ1n) is 7.27. The topological polar surface area (TPSA) is 80.3 Å². The minimum atomic E-state index is -0.790. The van der Waals surface area contributed by atoms with E-state index in [1.807, 2.05) is 0 Å². The predicted octanol–water partition coefficient (Wildman–Crippen LogP) is 3.12. The number of alkyl carbamates (subject to hydrolysis) is 1. The Balaban J connectivity index is 2.03. The van der Waals surface area contributed by atoms with Gasteiger partial charge in [-0.05, 0) is 45.6 Å². The molecule has 0 saturated heterocycles. The van der Waals surface area contributed by atoms with Crippen LogP contribution < -0.4 is 10.6 Å². The fourth-order valence-electron chi connectivity index (χ4n) is 1.96. The second-order valence-corrected chi connectivity index (χ2v) is 6.87. The number of hydrogen-bond donors (Lipinski definition) is 2. The summed E-state index contributed by atoms with van der Waals surface area (Å²) in [6.45, 7) is 5.18. The highest BCUT2D eigenvalue weighted by molar-refractivity contribution is 6.30. The number of nitrogens with one attached hydrogen (secondary N) is 2. The van der Waals surface area contributed by atoms with E-state index in [1.165, 1.54) is 6.20 Å². The van der Waals surface area contributed by atoms with Crippen LogP contribution in [0.3, 0.4) is 0 Å². The molecule has 0 bridgehead atoms. The number of hydrogen-bond acceptors (Lipinski definition) is 4. The van der Waals surface area contributed by atoms with Gasteiger partial charge in [-0.3, -0.25) is 4.79 Å². The molecule has 0 spiro atoms. The van der Waals surface area contributed by atoms with Gasteiger partial charge in [0.1, 0.15) is 11.6 Å². The van der Waals surface area contributed by atoms with Gasteiger partial charge in [0.2, 0.25) is 5.91 Å². The van der Waals surface area contributed by atoms with E-state index in [-0.39, 0.29) is 16.8 Å². The van der Waals surface area contributed by atoms with Crippen LogP contribution in [0.15, 0.2) is 12.3 Å². The van der Waals surface area contributed by atoms with E-state index in [0.29, 0.717) is 0 Å². The van der Waals surface area contributed by atoms with E-state index in [0.717, 1.165) is 18.9 Å². The number of rotatable bonds is 4. The standard InChI is InChI=1S/C15H19ClFN3O3/c1-15(2,3)23-14(22)19-11(8-4-5-8)13(21)20-12-10(17)6-9(16)7-18-12/h6-8,11H,4-5H2,1-3H3,(H,19,22)(H,18,20,21)/t11-/m0/s1. The predicted molar refractivity (Wildman–Crippen MR) is 83.7 cm³/mol. The number of ether oxygens (including phenoxy) is 1. The summed E-state index contributed by atoms with van der Waals surface area (Å²) in [6, 6.07) is 0.263. The van der Waals surface area contributed by atoms with E-state index < -0.39 is 29.5 Å². The van der Waals surface area contributed by atoms with Gasteiger partial charge in [-0.1, -0.05) is 11.6 Å². The quantitative estimate of drug-likeness (QED) is 0.880. The molecular formula is C15H19ClFN3O3. The molecule has 1 heterocycles. The van der Waals surface area contributed by atoms with Crippen LogP contribution in [-0.4, -0.2) is 28.6 Å². The zero-order valence-corrected chi connectivity index (χ0v) is 13.9. The lowest BCUT2D eigenvalue weighted by Crippen LogP contribution is -2.47. The number of pyridine rings is 1. The molecule has 1 atom stereocenters. The normalized spacial score (nSPS) is 15.7. The van der Waals surface area contributed by atoms with E-state index in [4.69, 9.17) is 16.3 Å². The van der Waals surface area contributed by atoms with Crippen molar-refractivity contribution in [1.82, 2.24) is 10.3 Å². The fraction of sp³-hybridized carbons (Fsp3) is 0.533. The summed E-state index contributed by atoms with van der Waals surface area (Å²) in [5.74, 6) is -1.49. The third-order valence-corrected chi connectivity index (χ3v) is 3.30. The first-order chi connectivity index (χ1) is 10.7. The fourth-order valence-corrected chi connectivity index (χ4v) is 2.11. The second kappa shape index (κ2) is 6.70. The van der Waals surface area contributed by atoms with Crippen molar-refractivity contribution in [1.29, 1.82) is 0 Å². The van der Waals surface area contributed by atoms with Gasteiger partial charge in [-0.15, -0.1) is 0 Å². The number of aromatic nitrogens is 1. The molecule has 1 saturated carbocycles. The van der Waals surface area contributed by atoms with Gasteiger partial charge in [0.05, 0.1) is 5.02 Å². The zero-order chi connectivity index (χ0) is 17.2. The molecule has 1 fully saturated rings.